The summed E-state index contributed by atoms with van der Waals surface area (Å²) in [6, 6.07) is 16.0. The Kier molecular flexibility index (Phi) is 3.24. The third-order valence-corrected chi connectivity index (χ3v) is 4.23. The zero-order chi connectivity index (χ0) is 14.1. The van der Waals surface area contributed by atoms with Gasteiger partial charge in [-0.15, -0.1) is 11.3 Å². The molecule has 0 aliphatic heterocycles. The topological polar surface area (TPSA) is 40.0 Å². The van der Waals surface area contributed by atoms with Crippen molar-refractivity contribution >= 4 is 33.0 Å². The van der Waals surface area contributed by atoms with E-state index in [0.29, 0.717) is 5.71 Å². The number of rotatable bonds is 3. The molecule has 0 fully saturated rings. The van der Waals surface area contributed by atoms with Gasteiger partial charge in [0.1, 0.15) is 5.01 Å². The van der Waals surface area contributed by atoms with Gasteiger partial charge in [-0.2, -0.15) is 0 Å². The van der Waals surface area contributed by atoms with Crippen LogP contribution >= 0.6 is 11.3 Å². The Morgan fingerprint density at radius 3 is 2.40 bits per heavy atom. The summed E-state index contributed by atoms with van der Waals surface area (Å²) >= 11 is 1.56. The molecular weight excluding hydrogens is 266 g/mol. The monoisotopic (exact) mass is 281 g/mol. The molecule has 0 spiro atoms. The van der Waals surface area contributed by atoms with Gasteiger partial charge >= 0.3 is 0 Å². The number of nitrogens with zero attached hydrogens (tertiary/aromatic N) is 2. The second-order valence-corrected chi connectivity index (χ2v) is 5.83. The van der Waals surface area contributed by atoms with Crippen LogP contribution in [0, 0.1) is 5.41 Å². The van der Waals surface area contributed by atoms with Gasteiger partial charge in [0.25, 0.3) is 0 Å². The number of fused-ring (bicyclic) bond motifs is 1. The van der Waals surface area contributed by atoms with Crippen molar-refractivity contribution in [1.29, 1.82) is 5.41 Å². The van der Waals surface area contributed by atoms with Crippen LogP contribution in [0.25, 0.3) is 10.2 Å². The van der Waals surface area contributed by atoms with E-state index in [1.807, 2.05) is 67.5 Å². The standard InChI is InChI=1S/C16H15N3S/c1-19(2)12-9-7-11(8-10-12)15(17)16-18-13-5-3-4-6-14(13)20-16/h3-10,17H,1-2H3. The number of benzene rings is 2. The van der Waals surface area contributed by atoms with Crippen molar-refractivity contribution in [2.45, 2.75) is 0 Å². The van der Waals surface area contributed by atoms with E-state index < -0.39 is 0 Å². The van der Waals surface area contributed by atoms with Gasteiger partial charge in [0.2, 0.25) is 0 Å². The maximum Gasteiger partial charge on any atom is 0.143 e. The third-order valence-electron chi connectivity index (χ3n) is 3.18. The van der Waals surface area contributed by atoms with Crippen LogP contribution in [-0.4, -0.2) is 24.8 Å². The largest absolute Gasteiger partial charge is 0.378 e. The lowest BCUT2D eigenvalue weighted by Gasteiger charge is -2.12. The maximum absolute atomic E-state index is 8.32. The molecule has 0 aliphatic rings. The minimum Gasteiger partial charge on any atom is -0.378 e. The fourth-order valence-corrected chi connectivity index (χ4v) is 2.97. The van der Waals surface area contributed by atoms with Crippen molar-refractivity contribution in [3.05, 3.63) is 59.1 Å². The van der Waals surface area contributed by atoms with E-state index in [2.05, 4.69) is 4.98 Å². The van der Waals surface area contributed by atoms with Gasteiger partial charge in [-0.05, 0) is 24.3 Å². The molecule has 0 amide bonds. The molecule has 1 N–H and O–H groups in total. The molecule has 20 heavy (non-hydrogen) atoms. The Bertz CT molecular complexity index is 724. The van der Waals surface area contributed by atoms with Crippen LogP contribution < -0.4 is 4.90 Å². The first-order chi connectivity index (χ1) is 9.65. The number of anilines is 1. The smallest absolute Gasteiger partial charge is 0.143 e. The van der Waals surface area contributed by atoms with Crippen molar-refractivity contribution < 1.29 is 0 Å². The lowest BCUT2D eigenvalue weighted by molar-refractivity contribution is 1.13. The van der Waals surface area contributed by atoms with E-state index in [0.717, 1.165) is 26.5 Å². The van der Waals surface area contributed by atoms with Crippen molar-refractivity contribution in [2.24, 2.45) is 0 Å². The molecule has 1 heterocycles. The second kappa shape index (κ2) is 5.06. The van der Waals surface area contributed by atoms with Crippen LogP contribution in [0.15, 0.2) is 48.5 Å². The zero-order valence-electron chi connectivity index (χ0n) is 11.4. The lowest BCUT2D eigenvalue weighted by atomic mass is 10.1. The minimum absolute atomic E-state index is 0.483. The molecule has 100 valence electrons. The summed E-state index contributed by atoms with van der Waals surface area (Å²) in [4.78, 5) is 6.58. The molecule has 0 unspecified atom stereocenters. The van der Waals surface area contributed by atoms with Crippen LogP contribution in [-0.2, 0) is 0 Å². The van der Waals surface area contributed by atoms with Crippen molar-refractivity contribution in [2.75, 3.05) is 19.0 Å². The highest BCUT2D eigenvalue weighted by Crippen LogP contribution is 2.24. The molecule has 4 heteroatoms. The van der Waals surface area contributed by atoms with Gasteiger partial charge in [0.15, 0.2) is 0 Å². The van der Waals surface area contributed by atoms with E-state index in [1.54, 1.807) is 11.3 Å². The van der Waals surface area contributed by atoms with Crippen molar-refractivity contribution in [3.63, 3.8) is 0 Å². The fraction of sp³-hybridized carbons (Fsp3) is 0.125. The predicted molar refractivity (Wildman–Crippen MR) is 86.3 cm³/mol. The first-order valence-corrected chi connectivity index (χ1v) is 7.19. The van der Waals surface area contributed by atoms with Gasteiger partial charge in [0, 0.05) is 25.3 Å². The summed E-state index contributed by atoms with van der Waals surface area (Å²) in [5.41, 5.74) is 3.47. The summed E-state index contributed by atoms with van der Waals surface area (Å²) in [7, 11) is 4.02. The number of aromatic nitrogens is 1. The zero-order valence-corrected chi connectivity index (χ0v) is 12.2. The van der Waals surface area contributed by atoms with Crippen molar-refractivity contribution in [3.8, 4) is 0 Å². The van der Waals surface area contributed by atoms with Crippen LogP contribution in [0.2, 0.25) is 0 Å². The summed E-state index contributed by atoms with van der Waals surface area (Å²) in [6.45, 7) is 0. The molecule has 0 atom stereocenters. The fourth-order valence-electron chi connectivity index (χ4n) is 2.03. The van der Waals surface area contributed by atoms with Gasteiger partial charge in [0.05, 0.1) is 15.9 Å². The number of hydrogen-bond acceptors (Lipinski definition) is 4. The summed E-state index contributed by atoms with van der Waals surface area (Å²) in [5.74, 6) is 0. The van der Waals surface area contributed by atoms with E-state index in [9.17, 15) is 0 Å². The normalized spacial score (nSPS) is 10.7. The molecule has 3 aromatic rings. The summed E-state index contributed by atoms with van der Waals surface area (Å²) in [6.07, 6.45) is 0. The predicted octanol–water partition coefficient (Wildman–Crippen LogP) is 3.78. The highest BCUT2D eigenvalue weighted by molar-refractivity contribution is 7.20. The molecule has 0 radical (unpaired) electrons. The molecule has 0 saturated heterocycles. The Labute approximate surface area is 122 Å². The van der Waals surface area contributed by atoms with Gasteiger partial charge in [-0.25, -0.2) is 4.98 Å². The molecule has 0 bridgehead atoms. The summed E-state index contributed by atoms with van der Waals surface area (Å²) < 4.78 is 1.12. The van der Waals surface area contributed by atoms with E-state index in [1.165, 1.54) is 0 Å². The van der Waals surface area contributed by atoms with E-state index in [4.69, 9.17) is 5.41 Å². The Balaban J connectivity index is 1.95. The molecule has 3 rings (SSSR count). The highest BCUT2D eigenvalue weighted by Gasteiger charge is 2.10. The Morgan fingerprint density at radius 2 is 1.75 bits per heavy atom. The molecule has 0 aliphatic carbocycles. The first-order valence-electron chi connectivity index (χ1n) is 6.37. The highest BCUT2D eigenvalue weighted by atomic mass is 32.1. The first kappa shape index (κ1) is 12.8. The second-order valence-electron chi connectivity index (χ2n) is 4.80. The van der Waals surface area contributed by atoms with E-state index >= 15 is 0 Å². The van der Waals surface area contributed by atoms with Gasteiger partial charge in [-0.1, -0.05) is 24.3 Å². The SMILES string of the molecule is CN(C)c1ccc(C(=N)c2nc3ccccc3s2)cc1. The average molecular weight is 281 g/mol. The average Bonchev–Trinajstić information content (AvgIpc) is 2.90. The number of thiazole rings is 1. The van der Waals surface area contributed by atoms with Gasteiger partial charge < -0.3 is 4.90 Å². The van der Waals surface area contributed by atoms with Crippen molar-refractivity contribution in [1.82, 2.24) is 4.98 Å². The van der Waals surface area contributed by atoms with Crippen LogP contribution in [0.3, 0.4) is 0 Å². The number of para-hydroxylation sites is 1. The van der Waals surface area contributed by atoms with Crippen LogP contribution in [0.1, 0.15) is 10.6 Å². The molecular formula is C16H15N3S. The molecule has 3 nitrogen and oxygen atoms in total. The number of hydrogen-bond donors (Lipinski definition) is 1. The minimum atomic E-state index is 0.483. The molecule has 0 saturated carbocycles. The van der Waals surface area contributed by atoms with Gasteiger partial charge in [-0.3, -0.25) is 5.41 Å². The maximum atomic E-state index is 8.32. The molecule has 1 aromatic heterocycles. The molecule has 2 aromatic carbocycles. The number of nitrogens with one attached hydrogen (secondary N) is 1. The van der Waals surface area contributed by atoms with E-state index in [-0.39, 0.29) is 0 Å². The Hall–Kier alpha value is -2.20. The quantitative estimate of drug-likeness (QED) is 0.742. The summed E-state index contributed by atoms with van der Waals surface area (Å²) in [5, 5.41) is 9.08. The van der Waals surface area contributed by atoms with Crippen LogP contribution in [0.4, 0.5) is 5.69 Å². The Morgan fingerprint density at radius 1 is 1.05 bits per heavy atom. The van der Waals surface area contributed by atoms with Crippen LogP contribution in [0.5, 0.6) is 0 Å². The third kappa shape index (κ3) is 2.30. The lowest BCUT2D eigenvalue weighted by Crippen LogP contribution is -2.09.